The lowest BCUT2D eigenvalue weighted by Crippen LogP contribution is -2.50. The summed E-state index contributed by atoms with van der Waals surface area (Å²) >= 11 is 9.13. The smallest absolute Gasteiger partial charge is 0.410 e. The lowest BCUT2D eigenvalue weighted by molar-refractivity contribution is 0.0198. The molecule has 10 heterocycles. The third-order valence-corrected chi connectivity index (χ3v) is 14.1. The molecule has 6 aromatic heterocycles. The van der Waals surface area contributed by atoms with Crippen molar-refractivity contribution in [2.75, 3.05) is 41.7 Å². The molecule has 65 heavy (non-hydrogen) atoms. The van der Waals surface area contributed by atoms with Crippen LogP contribution in [0.1, 0.15) is 103 Å². The number of aromatic nitrogens is 8. The van der Waals surface area contributed by atoms with Gasteiger partial charge in [0.25, 0.3) is 0 Å². The molecule has 6 fully saturated rings. The lowest BCUT2D eigenvalue weighted by Gasteiger charge is -2.35. The zero-order chi connectivity index (χ0) is 45.2. The molecule has 0 aromatic carbocycles. The highest BCUT2D eigenvalue weighted by Gasteiger charge is 2.48. The molecule has 18 nitrogen and oxygen atoms in total. The van der Waals surface area contributed by atoms with E-state index in [4.69, 9.17) is 31.0 Å². The van der Waals surface area contributed by atoms with Gasteiger partial charge in [0.2, 0.25) is 11.2 Å². The van der Waals surface area contributed by atoms with E-state index in [9.17, 15) is 9.59 Å². The zero-order valence-electron chi connectivity index (χ0n) is 37.4. The van der Waals surface area contributed by atoms with E-state index in [1.807, 2.05) is 80.3 Å². The number of hydrogen-bond donors (Lipinski definition) is 5. The van der Waals surface area contributed by atoms with Crippen molar-refractivity contribution in [2.24, 2.45) is 0 Å². The second kappa shape index (κ2) is 17.2. The first-order valence-corrected chi connectivity index (χ1v) is 24.5. The van der Waals surface area contributed by atoms with Gasteiger partial charge in [0.05, 0.1) is 32.5 Å². The number of hydrogen-bond acceptors (Lipinski definition) is 16. The van der Waals surface area contributed by atoms with E-state index in [1.54, 1.807) is 22.7 Å². The predicted molar refractivity (Wildman–Crippen MR) is 253 cm³/mol. The van der Waals surface area contributed by atoms with Crippen molar-refractivity contribution in [3.05, 3.63) is 51.7 Å². The normalized spacial score (nSPS) is 22.2. The standard InChI is InChI=1S/C22H27N7O2S.C12H10ClN5S.C10H18N2O2/c1-22(2,3)31-21(30)29-11-13-8-14(29)10-28(13)20-23-15-6-7-32-18(15)19(25-20)24-17-9-16(26-27-17)12-4-5-12;13-12-14-7-3-4-19-10(7)11(16-12)15-9-5-8(17-18-9)6-1-2-6;1-10(2,3)14-9(13)12-6-7-4-8(12)5-11-7/h6-7,9,12-14H,4-5,8,10-11H2,1-3H3,(H2,23,24,25,26,27);3-6H,1-2H2,(H2,14,15,16,17,18);7-8,11H,4-6H2,1-3H3/t13-,14-;;7-,8-/m0.0/s1. The molecular weight excluding hydrogens is 888 g/mol. The molecular formula is C44H55ClN14O4S2. The maximum atomic E-state index is 12.6. The first-order chi connectivity index (χ1) is 31.1. The summed E-state index contributed by atoms with van der Waals surface area (Å²) in [4.78, 5) is 48.4. The molecule has 2 aliphatic carbocycles. The van der Waals surface area contributed by atoms with Gasteiger partial charge in [0, 0.05) is 73.6 Å². The predicted octanol–water partition coefficient (Wildman–Crippen LogP) is 8.89. The maximum absolute atomic E-state index is 12.6. The topological polar surface area (TPSA) is 207 Å². The highest BCUT2D eigenvalue weighted by atomic mass is 35.5. The van der Waals surface area contributed by atoms with Gasteiger partial charge in [0.15, 0.2) is 23.3 Å². The van der Waals surface area contributed by atoms with E-state index in [1.165, 1.54) is 37.1 Å². The molecule has 4 saturated heterocycles. The molecule has 6 aromatic rings. The summed E-state index contributed by atoms with van der Waals surface area (Å²) in [5, 5.41) is 29.1. The van der Waals surface area contributed by atoms with Crippen molar-refractivity contribution in [3.63, 3.8) is 0 Å². The summed E-state index contributed by atoms with van der Waals surface area (Å²) in [7, 11) is 0. The third kappa shape index (κ3) is 9.95. The van der Waals surface area contributed by atoms with Crippen LogP contribution in [0.3, 0.4) is 0 Å². The molecule has 6 aliphatic rings. The van der Waals surface area contributed by atoms with Gasteiger partial charge in [-0.3, -0.25) is 10.2 Å². The number of carbonyl (C=O) groups excluding carboxylic acids is 2. The van der Waals surface area contributed by atoms with E-state index >= 15 is 0 Å². The monoisotopic (exact) mass is 942 g/mol. The average Bonchev–Trinajstić information content (AvgIpc) is 3.75. The second-order valence-corrected chi connectivity index (χ2v) is 21.8. The molecule has 4 aliphatic heterocycles. The minimum Gasteiger partial charge on any atom is -0.444 e. The number of likely N-dealkylation sites (tertiary alicyclic amines) is 2. The number of amides is 2. The van der Waals surface area contributed by atoms with Crippen LogP contribution in [0.15, 0.2) is 35.0 Å². The Kier molecular flexibility index (Phi) is 11.5. The molecule has 0 spiro atoms. The first kappa shape index (κ1) is 43.6. The molecule has 12 rings (SSSR count). The number of piperazine rings is 2. The van der Waals surface area contributed by atoms with Gasteiger partial charge in [-0.25, -0.2) is 19.6 Å². The van der Waals surface area contributed by atoms with Gasteiger partial charge < -0.3 is 40.1 Å². The van der Waals surface area contributed by atoms with Gasteiger partial charge >= 0.3 is 12.2 Å². The Morgan fingerprint density at radius 2 is 1.26 bits per heavy atom. The van der Waals surface area contributed by atoms with Crippen molar-refractivity contribution in [1.82, 2.24) is 55.4 Å². The summed E-state index contributed by atoms with van der Waals surface area (Å²) in [6, 6.07) is 9.24. The van der Waals surface area contributed by atoms with Crippen molar-refractivity contribution in [3.8, 4) is 0 Å². The van der Waals surface area contributed by atoms with Gasteiger partial charge in [-0.2, -0.15) is 20.2 Å². The van der Waals surface area contributed by atoms with Gasteiger partial charge in [-0.15, -0.1) is 22.7 Å². The van der Waals surface area contributed by atoms with E-state index in [0.29, 0.717) is 48.8 Å². The Bertz CT molecular complexity index is 2700. The fraction of sp³-hybridized carbons (Fsp3) is 0.545. The van der Waals surface area contributed by atoms with Crippen molar-refractivity contribution >= 4 is 96.1 Å². The number of aromatic amines is 2. The minimum atomic E-state index is -0.488. The Balaban J connectivity index is 0.000000127. The number of ether oxygens (including phenoxy) is 2. The molecule has 0 unspecified atom stereocenters. The van der Waals surface area contributed by atoms with Gasteiger partial charge in [0.1, 0.15) is 11.2 Å². The number of H-pyrrole nitrogens is 2. The number of thiophene rings is 2. The molecule has 21 heteroatoms. The van der Waals surface area contributed by atoms with Crippen LogP contribution < -0.4 is 20.9 Å². The molecule has 2 saturated carbocycles. The Morgan fingerprint density at radius 1 is 0.708 bits per heavy atom. The summed E-state index contributed by atoms with van der Waals surface area (Å²) < 4.78 is 12.9. The molecule has 2 amide bonds. The zero-order valence-corrected chi connectivity index (χ0v) is 39.7. The van der Waals surface area contributed by atoms with Crippen LogP contribution >= 0.6 is 34.3 Å². The fourth-order valence-corrected chi connectivity index (χ4v) is 10.5. The van der Waals surface area contributed by atoms with E-state index in [0.717, 1.165) is 63.8 Å². The van der Waals surface area contributed by atoms with Crippen LogP contribution in [0.25, 0.3) is 20.4 Å². The van der Waals surface area contributed by atoms with Crippen LogP contribution in [0.5, 0.6) is 0 Å². The van der Waals surface area contributed by atoms with Crippen molar-refractivity contribution < 1.29 is 19.1 Å². The number of nitrogens with one attached hydrogen (secondary N) is 5. The molecule has 4 bridgehead atoms. The Hall–Kier alpha value is -5.31. The van der Waals surface area contributed by atoms with Crippen LogP contribution in [0.2, 0.25) is 5.28 Å². The van der Waals surface area contributed by atoms with Crippen LogP contribution in [0, 0.1) is 0 Å². The van der Waals surface area contributed by atoms with Crippen LogP contribution in [0.4, 0.5) is 38.8 Å². The van der Waals surface area contributed by atoms with E-state index < -0.39 is 5.60 Å². The van der Waals surface area contributed by atoms with Gasteiger partial charge in [-0.1, -0.05) is 0 Å². The van der Waals surface area contributed by atoms with E-state index in [2.05, 4.69) is 57.3 Å². The third-order valence-electron chi connectivity index (χ3n) is 12.1. The Morgan fingerprint density at radius 3 is 1.75 bits per heavy atom. The number of carbonyl (C=O) groups is 2. The van der Waals surface area contributed by atoms with Crippen LogP contribution in [-0.2, 0) is 9.47 Å². The average molecular weight is 944 g/mol. The molecule has 4 atom stereocenters. The molecule has 0 radical (unpaired) electrons. The summed E-state index contributed by atoms with van der Waals surface area (Å²) in [5.74, 6) is 5.01. The quantitative estimate of drug-likeness (QED) is 0.0948. The Labute approximate surface area is 389 Å². The van der Waals surface area contributed by atoms with Crippen LogP contribution in [-0.4, -0.2) is 124 Å². The minimum absolute atomic E-state index is 0.125. The second-order valence-electron chi connectivity index (χ2n) is 19.7. The molecule has 5 N–H and O–H groups in total. The number of fused-ring (bicyclic) bond motifs is 6. The summed E-state index contributed by atoms with van der Waals surface area (Å²) in [6.45, 7) is 14.5. The summed E-state index contributed by atoms with van der Waals surface area (Å²) in [5.41, 5.74) is 3.27. The first-order valence-electron chi connectivity index (χ1n) is 22.4. The van der Waals surface area contributed by atoms with Gasteiger partial charge in [-0.05, 0) is 115 Å². The van der Waals surface area contributed by atoms with Crippen molar-refractivity contribution in [2.45, 2.75) is 127 Å². The fourth-order valence-electron chi connectivity index (χ4n) is 8.80. The number of halogens is 1. The number of nitrogens with zero attached hydrogens (tertiary/aromatic N) is 9. The largest absolute Gasteiger partial charge is 0.444 e. The maximum Gasteiger partial charge on any atom is 0.410 e. The number of rotatable bonds is 7. The number of anilines is 5. The summed E-state index contributed by atoms with van der Waals surface area (Å²) in [6.07, 6.45) is 6.55. The lowest BCUT2D eigenvalue weighted by atomic mass is 10.2. The SMILES string of the molecule is CC(C)(C)OC(=O)N1C[C@@H]2C[C@H]1CN2.CC(C)(C)OC(=O)N1C[C@@H]2C[C@H]1CN2c1nc(Nc2cc(C3CC3)[nH]n2)c2sccc2n1.Clc1nc(Nc2cc(C3CC3)[nH]n2)c2sccc2n1. The van der Waals surface area contributed by atoms with Crippen molar-refractivity contribution in [1.29, 1.82) is 0 Å². The highest BCUT2D eigenvalue weighted by Crippen LogP contribution is 2.42. The van der Waals surface area contributed by atoms with E-state index in [-0.39, 0.29) is 35.2 Å². The highest BCUT2D eigenvalue weighted by molar-refractivity contribution is 7.18. The molecule has 344 valence electrons.